The molecule has 0 radical (unpaired) electrons. The maximum absolute atomic E-state index is 11.8. The zero-order valence-corrected chi connectivity index (χ0v) is 12.9. The molecule has 1 aliphatic heterocycles. The smallest absolute Gasteiger partial charge is 0.237 e. The molecule has 112 valence electrons. The van der Waals surface area contributed by atoms with Gasteiger partial charge in [-0.2, -0.15) is 0 Å². The van der Waals surface area contributed by atoms with Crippen LogP contribution in [-0.2, 0) is 4.79 Å². The highest BCUT2D eigenvalue weighted by atomic mass is 16.2. The normalized spacial score (nSPS) is 21.4. The second-order valence-corrected chi connectivity index (χ2v) is 5.83. The third kappa shape index (κ3) is 5.09. The molecule has 1 aliphatic rings. The average molecular weight is 270 g/mol. The van der Waals surface area contributed by atoms with Gasteiger partial charge in [-0.15, -0.1) is 0 Å². The lowest BCUT2D eigenvalue weighted by atomic mass is 10.0. The van der Waals surface area contributed by atoms with E-state index in [0.29, 0.717) is 12.6 Å². The van der Waals surface area contributed by atoms with Crippen LogP contribution in [0.25, 0.3) is 0 Å². The van der Waals surface area contributed by atoms with Gasteiger partial charge in [-0.3, -0.25) is 9.69 Å². The van der Waals surface area contributed by atoms with Crippen LogP contribution in [0.2, 0.25) is 0 Å². The van der Waals surface area contributed by atoms with Crippen molar-refractivity contribution in [2.45, 2.75) is 39.8 Å². The summed E-state index contributed by atoms with van der Waals surface area (Å²) in [6.07, 6.45) is 0. The molecule has 3 N–H and O–H groups in total. The molecule has 1 rings (SSSR count). The predicted molar refractivity (Wildman–Crippen MR) is 79.0 cm³/mol. The van der Waals surface area contributed by atoms with Gasteiger partial charge in [-0.1, -0.05) is 20.8 Å². The Morgan fingerprint density at radius 2 is 1.79 bits per heavy atom. The van der Waals surface area contributed by atoms with E-state index in [1.165, 1.54) is 0 Å². The molecule has 1 saturated heterocycles. The highest BCUT2D eigenvalue weighted by molar-refractivity contribution is 5.81. The summed E-state index contributed by atoms with van der Waals surface area (Å²) in [5.74, 6) is 0.150. The fourth-order valence-electron chi connectivity index (χ4n) is 2.32. The number of nitrogens with two attached hydrogens (primary N) is 1. The van der Waals surface area contributed by atoms with Gasteiger partial charge in [0.2, 0.25) is 5.91 Å². The monoisotopic (exact) mass is 270 g/mol. The van der Waals surface area contributed by atoms with Gasteiger partial charge >= 0.3 is 0 Å². The first-order chi connectivity index (χ1) is 8.95. The van der Waals surface area contributed by atoms with Crippen molar-refractivity contribution in [2.75, 3.05) is 39.3 Å². The van der Waals surface area contributed by atoms with Gasteiger partial charge < -0.3 is 16.0 Å². The topological polar surface area (TPSA) is 61.6 Å². The third-order valence-electron chi connectivity index (χ3n) is 4.07. The molecule has 2 atom stereocenters. The van der Waals surface area contributed by atoms with Crippen molar-refractivity contribution < 1.29 is 4.79 Å². The van der Waals surface area contributed by atoms with E-state index in [1.54, 1.807) is 0 Å². The quantitative estimate of drug-likeness (QED) is 0.719. The van der Waals surface area contributed by atoms with Crippen LogP contribution in [0, 0.1) is 5.92 Å². The standard InChI is InChI=1S/C14H30N4O/c1-5-17-6-8-18(9-7-17)12(4)10-16-14(19)13(15)11(2)3/h11-13H,5-10,15H2,1-4H3,(H,16,19)/t12?,13-/m0/s1. The van der Waals surface area contributed by atoms with Crippen LogP contribution in [0.4, 0.5) is 0 Å². The number of amides is 1. The average Bonchev–Trinajstić information content (AvgIpc) is 2.43. The van der Waals surface area contributed by atoms with Crippen LogP contribution in [-0.4, -0.2) is 67.1 Å². The van der Waals surface area contributed by atoms with Crippen LogP contribution >= 0.6 is 0 Å². The lowest BCUT2D eigenvalue weighted by Gasteiger charge is -2.37. The molecule has 19 heavy (non-hydrogen) atoms. The fraction of sp³-hybridized carbons (Fsp3) is 0.929. The molecule has 1 unspecified atom stereocenters. The van der Waals surface area contributed by atoms with Crippen molar-refractivity contribution in [1.29, 1.82) is 0 Å². The molecule has 1 heterocycles. The molecular formula is C14H30N4O. The lowest BCUT2D eigenvalue weighted by Crippen LogP contribution is -2.53. The predicted octanol–water partition coefficient (Wildman–Crippen LogP) is 0.112. The van der Waals surface area contributed by atoms with E-state index in [1.807, 2.05) is 13.8 Å². The number of nitrogens with one attached hydrogen (secondary N) is 1. The van der Waals surface area contributed by atoms with Crippen LogP contribution < -0.4 is 11.1 Å². The number of likely N-dealkylation sites (N-methyl/N-ethyl adjacent to an activating group) is 1. The molecule has 0 saturated carbocycles. The second-order valence-electron chi connectivity index (χ2n) is 5.83. The summed E-state index contributed by atoms with van der Waals surface area (Å²) >= 11 is 0. The van der Waals surface area contributed by atoms with Gasteiger partial charge in [0, 0.05) is 38.8 Å². The molecule has 5 heteroatoms. The maximum atomic E-state index is 11.8. The van der Waals surface area contributed by atoms with E-state index in [9.17, 15) is 4.79 Å². The number of carbonyl (C=O) groups is 1. The molecule has 5 nitrogen and oxygen atoms in total. The van der Waals surface area contributed by atoms with Crippen molar-refractivity contribution in [1.82, 2.24) is 15.1 Å². The molecule has 0 spiro atoms. The maximum Gasteiger partial charge on any atom is 0.237 e. The van der Waals surface area contributed by atoms with Crippen LogP contribution in [0.1, 0.15) is 27.7 Å². The van der Waals surface area contributed by atoms with E-state index in [4.69, 9.17) is 5.73 Å². The summed E-state index contributed by atoms with van der Waals surface area (Å²) in [5.41, 5.74) is 5.83. The molecule has 1 fully saturated rings. The Bertz CT molecular complexity index is 275. The summed E-state index contributed by atoms with van der Waals surface area (Å²) in [5, 5.41) is 2.97. The SMILES string of the molecule is CCN1CCN(C(C)CNC(=O)[C@@H](N)C(C)C)CC1. The number of nitrogens with zero attached hydrogens (tertiary/aromatic N) is 2. The number of rotatable bonds is 6. The van der Waals surface area contributed by atoms with Crippen molar-refractivity contribution in [2.24, 2.45) is 11.7 Å². The Kier molecular flexibility index (Phi) is 6.75. The van der Waals surface area contributed by atoms with Gasteiger partial charge in [0.1, 0.15) is 0 Å². The lowest BCUT2D eigenvalue weighted by molar-refractivity contribution is -0.123. The minimum absolute atomic E-state index is 0.0333. The number of piperazine rings is 1. The molecular weight excluding hydrogens is 240 g/mol. The summed E-state index contributed by atoms with van der Waals surface area (Å²) in [4.78, 5) is 16.7. The molecule has 0 bridgehead atoms. The van der Waals surface area contributed by atoms with Gasteiger partial charge in [-0.25, -0.2) is 0 Å². The van der Waals surface area contributed by atoms with Crippen LogP contribution in [0.5, 0.6) is 0 Å². The summed E-state index contributed by atoms with van der Waals surface area (Å²) in [7, 11) is 0. The van der Waals surface area contributed by atoms with Gasteiger partial charge in [0.15, 0.2) is 0 Å². The van der Waals surface area contributed by atoms with Crippen molar-refractivity contribution >= 4 is 5.91 Å². The highest BCUT2D eigenvalue weighted by Gasteiger charge is 2.22. The summed E-state index contributed by atoms with van der Waals surface area (Å²) in [6, 6.07) is -0.0218. The molecule has 1 amide bonds. The first-order valence-electron chi connectivity index (χ1n) is 7.45. The van der Waals surface area contributed by atoms with Gasteiger partial charge in [-0.05, 0) is 19.4 Å². The highest BCUT2D eigenvalue weighted by Crippen LogP contribution is 2.05. The van der Waals surface area contributed by atoms with E-state index in [2.05, 4.69) is 29.0 Å². The molecule has 0 aromatic carbocycles. The van der Waals surface area contributed by atoms with E-state index in [-0.39, 0.29) is 11.8 Å². The second kappa shape index (κ2) is 7.82. The van der Waals surface area contributed by atoms with E-state index in [0.717, 1.165) is 32.7 Å². The summed E-state index contributed by atoms with van der Waals surface area (Å²) in [6.45, 7) is 14.5. The fourth-order valence-corrected chi connectivity index (χ4v) is 2.32. The van der Waals surface area contributed by atoms with E-state index >= 15 is 0 Å². The minimum Gasteiger partial charge on any atom is -0.353 e. The first-order valence-corrected chi connectivity index (χ1v) is 7.45. The van der Waals surface area contributed by atoms with Gasteiger partial charge in [0.25, 0.3) is 0 Å². The largest absolute Gasteiger partial charge is 0.353 e. The Balaban J connectivity index is 2.28. The Morgan fingerprint density at radius 3 is 2.26 bits per heavy atom. The zero-order chi connectivity index (χ0) is 14.4. The Labute approximate surface area is 117 Å². The zero-order valence-electron chi connectivity index (χ0n) is 12.9. The first kappa shape index (κ1) is 16.4. The molecule has 0 aromatic rings. The Morgan fingerprint density at radius 1 is 1.21 bits per heavy atom. The number of carbonyl (C=O) groups excluding carboxylic acids is 1. The number of hydrogen-bond donors (Lipinski definition) is 2. The summed E-state index contributed by atoms with van der Waals surface area (Å²) < 4.78 is 0. The van der Waals surface area contributed by atoms with Crippen molar-refractivity contribution in [3.63, 3.8) is 0 Å². The third-order valence-corrected chi connectivity index (χ3v) is 4.07. The Hall–Kier alpha value is -0.650. The molecule has 0 aromatic heterocycles. The van der Waals surface area contributed by atoms with E-state index < -0.39 is 6.04 Å². The minimum atomic E-state index is -0.399. The van der Waals surface area contributed by atoms with Crippen LogP contribution in [0.3, 0.4) is 0 Å². The number of hydrogen-bond acceptors (Lipinski definition) is 4. The molecule has 0 aliphatic carbocycles. The van der Waals surface area contributed by atoms with Crippen LogP contribution in [0.15, 0.2) is 0 Å². The van der Waals surface area contributed by atoms with Crippen molar-refractivity contribution in [3.05, 3.63) is 0 Å². The van der Waals surface area contributed by atoms with Crippen molar-refractivity contribution in [3.8, 4) is 0 Å². The van der Waals surface area contributed by atoms with Gasteiger partial charge in [0.05, 0.1) is 6.04 Å².